The Morgan fingerprint density at radius 2 is 1.95 bits per heavy atom. The van der Waals surface area contributed by atoms with E-state index in [1.165, 1.54) is 0 Å². The van der Waals surface area contributed by atoms with Crippen LogP contribution < -0.4 is 16.8 Å². The van der Waals surface area contributed by atoms with E-state index in [9.17, 15) is 4.79 Å². The van der Waals surface area contributed by atoms with Crippen LogP contribution in [0.25, 0.3) is 0 Å². The molecule has 0 spiro atoms. The van der Waals surface area contributed by atoms with Crippen LogP contribution in [0.1, 0.15) is 15.9 Å². The number of rotatable bonds is 3. The molecule has 1 amide bonds. The zero-order valence-corrected chi connectivity index (χ0v) is 11.2. The minimum atomic E-state index is -0.503. The highest BCUT2D eigenvalue weighted by molar-refractivity contribution is 6.31. The molecule has 0 bridgehead atoms. The van der Waals surface area contributed by atoms with Crippen LogP contribution in [0.5, 0.6) is 0 Å². The zero-order chi connectivity index (χ0) is 14.0. The van der Waals surface area contributed by atoms with Crippen LogP contribution in [0.3, 0.4) is 0 Å². The summed E-state index contributed by atoms with van der Waals surface area (Å²) < 4.78 is 0. The first-order valence-electron chi connectivity index (χ1n) is 5.70. The van der Waals surface area contributed by atoms with Crippen molar-refractivity contribution in [1.82, 2.24) is 0 Å². The van der Waals surface area contributed by atoms with Crippen LogP contribution in [-0.4, -0.2) is 5.91 Å². The molecule has 4 nitrogen and oxygen atoms in total. The Bertz CT molecular complexity index is 641. The van der Waals surface area contributed by atoms with Gasteiger partial charge in [-0.1, -0.05) is 17.7 Å². The van der Waals surface area contributed by atoms with Crippen molar-refractivity contribution < 1.29 is 4.79 Å². The van der Waals surface area contributed by atoms with Gasteiger partial charge >= 0.3 is 0 Å². The number of carbonyl (C=O) groups is 1. The molecule has 0 saturated carbocycles. The lowest BCUT2D eigenvalue weighted by Crippen LogP contribution is -2.11. The Morgan fingerprint density at radius 3 is 2.58 bits per heavy atom. The number of nitrogens with two attached hydrogens (primary N) is 2. The molecule has 0 radical (unpaired) electrons. The Hall–Kier alpha value is -2.20. The number of nitrogens with one attached hydrogen (secondary N) is 1. The normalized spacial score (nSPS) is 10.2. The smallest absolute Gasteiger partial charge is 0.248 e. The summed E-state index contributed by atoms with van der Waals surface area (Å²) in [6, 6.07) is 10.5. The van der Waals surface area contributed by atoms with E-state index in [1.807, 2.05) is 25.1 Å². The number of hydrogen-bond acceptors (Lipinski definition) is 3. The van der Waals surface area contributed by atoms with Crippen LogP contribution in [0.2, 0.25) is 5.02 Å². The quantitative estimate of drug-likeness (QED) is 0.753. The molecule has 0 aliphatic heterocycles. The van der Waals surface area contributed by atoms with Gasteiger partial charge < -0.3 is 16.8 Å². The molecule has 0 unspecified atom stereocenters. The second-order valence-electron chi connectivity index (χ2n) is 4.20. The summed E-state index contributed by atoms with van der Waals surface area (Å²) in [5, 5.41) is 3.86. The van der Waals surface area contributed by atoms with E-state index in [1.54, 1.807) is 18.2 Å². The topological polar surface area (TPSA) is 81.1 Å². The van der Waals surface area contributed by atoms with Crippen molar-refractivity contribution in [3.8, 4) is 0 Å². The van der Waals surface area contributed by atoms with Gasteiger partial charge in [-0.2, -0.15) is 0 Å². The Kier molecular flexibility index (Phi) is 3.62. The number of carbonyl (C=O) groups excluding carboxylic acids is 1. The SMILES string of the molecule is Cc1c(Cl)cccc1Nc1ccc(C(N)=O)cc1N. The summed E-state index contributed by atoms with van der Waals surface area (Å²) >= 11 is 6.05. The fourth-order valence-corrected chi connectivity index (χ4v) is 1.89. The van der Waals surface area contributed by atoms with Gasteiger partial charge in [-0.25, -0.2) is 0 Å². The van der Waals surface area contributed by atoms with Crippen molar-refractivity contribution in [3.63, 3.8) is 0 Å². The first kappa shape index (κ1) is 13.2. The van der Waals surface area contributed by atoms with Crippen LogP contribution in [-0.2, 0) is 0 Å². The molecule has 98 valence electrons. The fraction of sp³-hybridized carbons (Fsp3) is 0.0714. The third-order valence-electron chi connectivity index (χ3n) is 2.87. The second-order valence-corrected chi connectivity index (χ2v) is 4.61. The molecule has 19 heavy (non-hydrogen) atoms. The predicted molar refractivity (Wildman–Crippen MR) is 78.8 cm³/mol. The zero-order valence-electron chi connectivity index (χ0n) is 10.4. The van der Waals surface area contributed by atoms with Gasteiger partial charge in [-0.15, -0.1) is 0 Å². The largest absolute Gasteiger partial charge is 0.397 e. The van der Waals surface area contributed by atoms with Gasteiger partial charge in [0.15, 0.2) is 0 Å². The van der Waals surface area contributed by atoms with E-state index >= 15 is 0 Å². The molecule has 0 heterocycles. The molecule has 0 saturated heterocycles. The van der Waals surface area contributed by atoms with Crippen molar-refractivity contribution >= 4 is 34.6 Å². The highest BCUT2D eigenvalue weighted by atomic mass is 35.5. The third kappa shape index (κ3) is 2.80. The summed E-state index contributed by atoms with van der Waals surface area (Å²) in [4.78, 5) is 11.1. The van der Waals surface area contributed by atoms with Gasteiger partial charge in [0.1, 0.15) is 0 Å². The van der Waals surface area contributed by atoms with E-state index in [0.29, 0.717) is 22.0 Å². The summed E-state index contributed by atoms with van der Waals surface area (Å²) in [5.41, 5.74) is 14.4. The molecule has 5 N–H and O–H groups in total. The number of hydrogen-bond donors (Lipinski definition) is 3. The molecular weight excluding hydrogens is 262 g/mol. The summed E-state index contributed by atoms with van der Waals surface area (Å²) in [7, 11) is 0. The fourth-order valence-electron chi connectivity index (χ4n) is 1.72. The Balaban J connectivity index is 2.34. The minimum absolute atomic E-state index is 0.380. The number of halogens is 1. The Morgan fingerprint density at radius 1 is 1.21 bits per heavy atom. The van der Waals surface area contributed by atoms with Crippen molar-refractivity contribution in [1.29, 1.82) is 0 Å². The third-order valence-corrected chi connectivity index (χ3v) is 3.28. The summed E-state index contributed by atoms with van der Waals surface area (Å²) in [6.45, 7) is 1.92. The lowest BCUT2D eigenvalue weighted by Gasteiger charge is -2.13. The molecule has 0 aromatic heterocycles. The molecular formula is C14H14ClN3O. The van der Waals surface area contributed by atoms with Gasteiger partial charge in [-0.3, -0.25) is 4.79 Å². The monoisotopic (exact) mass is 275 g/mol. The first-order chi connectivity index (χ1) is 8.99. The van der Waals surface area contributed by atoms with Crippen LogP contribution in [0.4, 0.5) is 17.1 Å². The molecule has 0 aliphatic rings. The molecule has 5 heteroatoms. The van der Waals surface area contributed by atoms with E-state index in [-0.39, 0.29) is 0 Å². The van der Waals surface area contributed by atoms with E-state index < -0.39 is 5.91 Å². The average Bonchev–Trinajstić information content (AvgIpc) is 2.37. The number of benzene rings is 2. The van der Waals surface area contributed by atoms with Gasteiger partial charge in [0.25, 0.3) is 0 Å². The lowest BCUT2D eigenvalue weighted by atomic mass is 10.1. The van der Waals surface area contributed by atoms with Crippen LogP contribution >= 0.6 is 11.6 Å². The van der Waals surface area contributed by atoms with Gasteiger partial charge in [0.05, 0.1) is 11.4 Å². The van der Waals surface area contributed by atoms with Crippen molar-refractivity contribution in [3.05, 3.63) is 52.5 Å². The highest BCUT2D eigenvalue weighted by Gasteiger charge is 2.07. The maximum atomic E-state index is 11.1. The van der Waals surface area contributed by atoms with E-state index in [2.05, 4.69) is 5.32 Å². The second kappa shape index (κ2) is 5.20. The number of nitrogen functional groups attached to an aromatic ring is 1. The van der Waals surface area contributed by atoms with E-state index in [4.69, 9.17) is 23.1 Å². The number of anilines is 3. The summed E-state index contributed by atoms with van der Waals surface area (Å²) in [6.07, 6.45) is 0. The predicted octanol–water partition coefficient (Wildman–Crippen LogP) is 3.07. The molecule has 2 aromatic carbocycles. The van der Waals surface area contributed by atoms with Gasteiger partial charge in [0, 0.05) is 16.3 Å². The van der Waals surface area contributed by atoms with Gasteiger partial charge in [0.2, 0.25) is 5.91 Å². The lowest BCUT2D eigenvalue weighted by molar-refractivity contribution is 0.100. The molecule has 2 rings (SSSR count). The maximum Gasteiger partial charge on any atom is 0.248 e. The van der Waals surface area contributed by atoms with Crippen molar-refractivity contribution in [2.45, 2.75) is 6.92 Å². The summed E-state index contributed by atoms with van der Waals surface area (Å²) in [5.74, 6) is -0.503. The van der Waals surface area contributed by atoms with Crippen LogP contribution in [0.15, 0.2) is 36.4 Å². The number of amides is 1. The standard InChI is InChI=1S/C14H14ClN3O/c1-8-10(15)3-2-4-12(8)18-13-6-5-9(14(17)19)7-11(13)16/h2-7,18H,16H2,1H3,(H2,17,19). The highest BCUT2D eigenvalue weighted by Crippen LogP contribution is 2.29. The maximum absolute atomic E-state index is 11.1. The average molecular weight is 276 g/mol. The molecule has 2 aromatic rings. The van der Waals surface area contributed by atoms with Crippen molar-refractivity contribution in [2.75, 3.05) is 11.1 Å². The number of primary amides is 1. The van der Waals surface area contributed by atoms with E-state index in [0.717, 1.165) is 11.3 Å². The molecule has 0 atom stereocenters. The molecule has 0 aliphatic carbocycles. The first-order valence-corrected chi connectivity index (χ1v) is 6.08. The van der Waals surface area contributed by atoms with Crippen LogP contribution in [0, 0.1) is 6.92 Å². The van der Waals surface area contributed by atoms with Crippen molar-refractivity contribution in [2.24, 2.45) is 5.73 Å². The Labute approximate surface area is 116 Å². The molecule has 0 fully saturated rings. The minimum Gasteiger partial charge on any atom is -0.397 e. The van der Waals surface area contributed by atoms with Gasteiger partial charge in [-0.05, 0) is 42.8 Å².